The quantitative estimate of drug-likeness (QED) is 0.610. The van der Waals surface area contributed by atoms with Crippen molar-refractivity contribution in [2.75, 3.05) is 13.1 Å². The summed E-state index contributed by atoms with van der Waals surface area (Å²) in [6.07, 6.45) is 4.09. The third kappa shape index (κ3) is 4.91. The Morgan fingerprint density at radius 1 is 1.12 bits per heavy atom. The zero-order valence-corrected chi connectivity index (χ0v) is 18.5. The lowest BCUT2D eigenvalue weighted by atomic mass is 9.76. The number of piperidine rings is 1. The van der Waals surface area contributed by atoms with Gasteiger partial charge in [0, 0.05) is 38.2 Å². The fourth-order valence-corrected chi connectivity index (χ4v) is 5.25. The largest absolute Gasteiger partial charge is 0.487 e. The summed E-state index contributed by atoms with van der Waals surface area (Å²) < 4.78 is 20.0. The molecule has 1 N–H and O–H groups in total. The molecule has 5 rings (SSSR count). The van der Waals surface area contributed by atoms with Crippen LogP contribution in [0.5, 0.6) is 5.75 Å². The summed E-state index contributed by atoms with van der Waals surface area (Å²) >= 11 is 0. The van der Waals surface area contributed by atoms with Crippen molar-refractivity contribution in [3.8, 4) is 5.75 Å². The molecule has 0 radical (unpaired) electrons. The lowest BCUT2D eigenvalue weighted by Crippen LogP contribution is -2.56. The van der Waals surface area contributed by atoms with Gasteiger partial charge in [-0.2, -0.15) is 0 Å². The van der Waals surface area contributed by atoms with Gasteiger partial charge in [-0.3, -0.25) is 14.7 Å². The van der Waals surface area contributed by atoms with Crippen molar-refractivity contribution in [1.82, 2.24) is 15.2 Å². The Balaban J connectivity index is 1.32. The first-order chi connectivity index (χ1) is 16.1. The van der Waals surface area contributed by atoms with E-state index in [0.29, 0.717) is 13.0 Å². The van der Waals surface area contributed by atoms with Crippen LogP contribution < -0.4 is 10.1 Å². The van der Waals surface area contributed by atoms with Crippen LogP contribution in [0, 0.1) is 5.82 Å². The van der Waals surface area contributed by atoms with Gasteiger partial charge in [0.2, 0.25) is 5.91 Å². The summed E-state index contributed by atoms with van der Waals surface area (Å²) in [6, 6.07) is 20.7. The highest BCUT2D eigenvalue weighted by atomic mass is 19.1. The van der Waals surface area contributed by atoms with Gasteiger partial charge in [0.05, 0.1) is 11.2 Å². The number of pyridine rings is 1. The van der Waals surface area contributed by atoms with Crippen molar-refractivity contribution in [3.63, 3.8) is 0 Å². The predicted molar refractivity (Wildman–Crippen MR) is 124 cm³/mol. The average Bonchev–Trinajstić information content (AvgIpc) is 3.15. The first-order valence-electron chi connectivity index (χ1n) is 11.5. The molecule has 2 aliphatic rings. The molecule has 0 aliphatic carbocycles. The minimum atomic E-state index is -0.351. The van der Waals surface area contributed by atoms with Crippen LogP contribution in [0.1, 0.15) is 42.0 Å². The maximum Gasteiger partial charge on any atom is 0.220 e. The zero-order valence-electron chi connectivity index (χ0n) is 18.5. The smallest absolute Gasteiger partial charge is 0.220 e. The molecule has 170 valence electrons. The van der Waals surface area contributed by atoms with E-state index in [9.17, 15) is 9.18 Å². The molecular formula is C27H28FN3O2. The molecule has 2 atom stereocenters. The molecule has 2 fully saturated rings. The monoisotopic (exact) mass is 445 g/mol. The lowest BCUT2D eigenvalue weighted by molar-refractivity contribution is -0.125. The molecule has 1 aromatic heterocycles. The van der Waals surface area contributed by atoms with Gasteiger partial charge in [-0.05, 0) is 60.4 Å². The van der Waals surface area contributed by atoms with Crippen molar-refractivity contribution < 1.29 is 13.9 Å². The van der Waals surface area contributed by atoms with Gasteiger partial charge in [0.25, 0.3) is 0 Å². The Bertz CT molecular complexity index is 1120. The lowest BCUT2D eigenvalue weighted by Gasteiger charge is -2.39. The number of hydrogen-bond acceptors (Lipinski definition) is 4. The topological polar surface area (TPSA) is 54.5 Å². The molecule has 1 spiro atoms. The van der Waals surface area contributed by atoms with E-state index in [0.717, 1.165) is 55.0 Å². The summed E-state index contributed by atoms with van der Waals surface area (Å²) in [7, 11) is 0. The number of halogens is 1. The molecule has 2 saturated heterocycles. The average molecular weight is 446 g/mol. The fourth-order valence-electron chi connectivity index (χ4n) is 5.25. The molecule has 3 heterocycles. The van der Waals surface area contributed by atoms with Crippen molar-refractivity contribution in [2.45, 2.75) is 43.9 Å². The van der Waals surface area contributed by atoms with Crippen LogP contribution in [0.15, 0.2) is 72.9 Å². The maximum atomic E-state index is 14.0. The first kappa shape index (κ1) is 21.6. The number of nitrogens with zero attached hydrogens (tertiary/aromatic N) is 2. The van der Waals surface area contributed by atoms with Crippen LogP contribution in [0.4, 0.5) is 4.39 Å². The molecule has 0 unspecified atom stereocenters. The summed E-state index contributed by atoms with van der Waals surface area (Å²) in [5, 5.41) is 3.29. The number of ether oxygens (including phenoxy) is 1. The van der Waals surface area contributed by atoms with Crippen LogP contribution in [0.2, 0.25) is 0 Å². The van der Waals surface area contributed by atoms with Crippen molar-refractivity contribution in [3.05, 3.63) is 95.6 Å². The number of benzene rings is 2. The molecule has 0 bridgehead atoms. The SMILES string of the molecule is O=C1CCC[C@]2(CN(Cc3cccc(OCc4ccccn4)c3)C[C@H]2c2cccc(F)c2)N1. The Morgan fingerprint density at radius 2 is 2.03 bits per heavy atom. The second kappa shape index (κ2) is 9.32. The molecule has 0 saturated carbocycles. The minimum Gasteiger partial charge on any atom is -0.487 e. The van der Waals surface area contributed by atoms with Crippen molar-refractivity contribution >= 4 is 5.91 Å². The second-order valence-corrected chi connectivity index (χ2v) is 9.09. The van der Waals surface area contributed by atoms with E-state index < -0.39 is 0 Å². The van der Waals surface area contributed by atoms with Crippen LogP contribution in [0.3, 0.4) is 0 Å². The summed E-state index contributed by atoms with van der Waals surface area (Å²) in [5.41, 5.74) is 2.63. The standard InChI is InChI=1S/C27H28FN3O2/c28-22-8-4-7-21(15-22)25-17-31(19-27(25)12-5-11-26(32)30-27)16-20-6-3-10-24(14-20)33-18-23-9-1-2-13-29-23/h1-4,6-10,13-15,25H,5,11-12,16-19H2,(H,30,32)/t25-,27+/m0/s1. The van der Waals surface area contributed by atoms with E-state index in [1.165, 1.54) is 6.07 Å². The van der Waals surface area contributed by atoms with Gasteiger partial charge in [0.15, 0.2) is 0 Å². The van der Waals surface area contributed by atoms with Gasteiger partial charge in [-0.1, -0.05) is 30.3 Å². The Hall–Kier alpha value is -3.25. The highest BCUT2D eigenvalue weighted by Crippen LogP contribution is 2.42. The number of carbonyl (C=O) groups is 1. The highest BCUT2D eigenvalue weighted by molar-refractivity contribution is 5.78. The molecule has 33 heavy (non-hydrogen) atoms. The Kier molecular flexibility index (Phi) is 6.09. The number of rotatable bonds is 6. The van der Waals surface area contributed by atoms with E-state index in [1.54, 1.807) is 18.3 Å². The number of aromatic nitrogens is 1. The maximum absolute atomic E-state index is 14.0. The van der Waals surface area contributed by atoms with Gasteiger partial charge in [0.1, 0.15) is 18.2 Å². The Morgan fingerprint density at radius 3 is 2.85 bits per heavy atom. The third-order valence-corrected chi connectivity index (χ3v) is 6.70. The van der Waals surface area contributed by atoms with E-state index >= 15 is 0 Å². The van der Waals surface area contributed by atoms with Crippen molar-refractivity contribution in [2.24, 2.45) is 0 Å². The summed E-state index contributed by atoms with van der Waals surface area (Å²) in [4.78, 5) is 19.0. The number of likely N-dealkylation sites (tertiary alicyclic amines) is 1. The van der Waals surface area contributed by atoms with Crippen LogP contribution in [-0.2, 0) is 17.9 Å². The molecule has 5 nitrogen and oxygen atoms in total. The number of amides is 1. The molecule has 2 aliphatic heterocycles. The van der Waals surface area contributed by atoms with E-state index in [-0.39, 0.29) is 23.2 Å². The number of carbonyl (C=O) groups excluding carboxylic acids is 1. The molecule has 3 aromatic rings. The third-order valence-electron chi connectivity index (χ3n) is 6.70. The minimum absolute atomic E-state index is 0.0565. The summed E-state index contributed by atoms with van der Waals surface area (Å²) in [6.45, 7) is 2.68. The normalized spacial score (nSPS) is 22.9. The fraction of sp³-hybridized carbons (Fsp3) is 0.333. The van der Waals surface area contributed by atoms with Gasteiger partial charge in [-0.15, -0.1) is 0 Å². The first-order valence-corrected chi connectivity index (χ1v) is 11.5. The van der Waals surface area contributed by atoms with Crippen LogP contribution in [0.25, 0.3) is 0 Å². The Labute approximate surface area is 193 Å². The zero-order chi connectivity index (χ0) is 22.7. The van der Waals surface area contributed by atoms with Gasteiger partial charge >= 0.3 is 0 Å². The molecule has 6 heteroatoms. The highest BCUT2D eigenvalue weighted by Gasteiger charge is 2.49. The molecular weight excluding hydrogens is 417 g/mol. The van der Waals surface area contributed by atoms with Crippen molar-refractivity contribution in [1.29, 1.82) is 0 Å². The molecule has 2 aromatic carbocycles. The van der Waals surface area contributed by atoms with Gasteiger partial charge in [-0.25, -0.2) is 4.39 Å². The number of nitrogens with one attached hydrogen (secondary N) is 1. The van der Waals surface area contributed by atoms with E-state index in [1.807, 2.05) is 36.4 Å². The summed E-state index contributed by atoms with van der Waals surface area (Å²) in [5.74, 6) is 0.719. The second-order valence-electron chi connectivity index (χ2n) is 9.09. The van der Waals surface area contributed by atoms with Crippen LogP contribution in [-0.4, -0.2) is 34.4 Å². The van der Waals surface area contributed by atoms with Gasteiger partial charge < -0.3 is 10.1 Å². The number of hydrogen-bond donors (Lipinski definition) is 1. The van der Waals surface area contributed by atoms with E-state index in [2.05, 4.69) is 27.3 Å². The molecule has 1 amide bonds. The predicted octanol–water partition coefficient (Wildman–Crippen LogP) is 4.44. The van der Waals surface area contributed by atoms with E-state index in [4.69, 9.17) is 4.74 Å². The van der Waals surface area contributed by atoms with Crippen LogP contribution >= 0.6 is 0 Å².